The van der Waals surface area contributed by atoms with Gasteiger partial charge in [0.15, 0.2) is 0 Å². The van der Waals surface area contributed by atoms with E-state index in [0.717, 1.165) is 18.4 Å². The molecule has 0 spiro atoms. The lowest BCUT2D eigenvalue weighted by Crippen LogP contribution is -2.05. The van der Waals surface area contributed by atoms with Gasteiger partial charge in [-0.3, -0.25) is 4.79 Å². The number of carboxylic acids is 1. The number of esters is 2. The van der Waals surface area contributed by atoms with Gasteiger partial charge < -0.3 is 14.6 Å². The molecule has 0 amide bonds. The molecule has 6 nitrogen and oxygen atoms in total. The molecular weight excluding hydrogens is 240 g/mol. The van der Waals surface area contributed by atoms with Crippen LogP contribution >= 0.6 is 0 Å². The van der Waals surface area contributed by atoms with Gasteiger partial charge in [0.25, 0.3) is 0 Å². The SMILES string of the molecule is CC=C=COC(=O)/C=C\C(=O)OCCCC(=O)O. The third-order valence-corrected chi connectivity index (χ3v) is 1.54. The van der Waals surface area contributed by atoms with Crippen LogP contribution in [0, 0.1) is 0 Å². The van der Waals surface area contributed by atoms with Crippen LogP contribution < -0.4 is 0 Å². The molecule has 1 N–H and O–H groups in total. The lowest BCUT2D eigenvalue weighted by Gasteiger charge is -1.99. The van der Waals surface area contributed by atoms with Crippen LogP contribution in [0.25, 0.3) is 0 Å². The summed E-state index contributed by atoms with van der Waals surface area (Å²) in [6.07, 6.45) is 4.58. The summed E-state index contributed by atoms with van der Waals surface area (Å²) >= 11 is 0. The first-order valence-electron chi connectivity index (χ1n) is 5.19. The van der Waals surface area contributed by atoms with Crippen molar-refractivity contribution < 1.29 is 29.0 Å². The maximum atomic E-state index is 11.0. The van der Waals surface area contributed by atoms with Crippen molar-refractivity contribution in [2.24, 2.45) is 0 Å². The minimum Gasteiger partial charge on any atom is -0.481 e. The number of aliphatic carboxylic acids is 1. The molecule has 0 aliphatic rings. The van der Waals surface area contributed by atoms with E-state index >= 15 is 0 Å². The Kier molecular flexibility index (Phi) is 8.59. The molecule has 18 heavy (non-hydrogen) atoms. The summed E-state index contributed by atoms with van der Waals surface area (Å²) in [5.74, 6) is -2.42. The molecule has 6 heteroatoms. The predicted octanol–water partition coefficient (Wildman–Crippen LogP) is 1.18. The van der Waals surface area contributed by atoms with Gasteiger partial charge in [-0.2, -0.15) is 0 Å². The van der Waals surface area contributed by atoms with Gasteiger partial charge in [-0.1, -0.05) is 5.73 Å². The first-order chi connectivity index (χ1) is 8.56. The van der Waals surface area contributed by atoms with E-state index in [1.165, 1.54) is 0 Å². The fourth-order valence-corrected chi connectivity index (χ4v) is 0.780. The van der Waals surface area contributed by atoms with Crippen LogP contribution in [-0.4, -0.2) is 29.6 Å². The standard InChI is InChI=1S/C12H14O6/c1-2-3-8-17-11(15)6-7-12(16)18-9-4-5-10(13)14/h2,6-8H,4-5,9H2,1H3,(H,13,14)/b7-6-. The number of carbonyl (C=O) groups excluding carboxylic acids is 2. The van der Waals surface area contributed by atoms with Crippen molar-refractivity contribution in [3.8, 4) is 0 Å². The molecule has 98 valence electrons. The average molecular weight is 254 g/mol. The average Bonchev–Trinajstić information content (AvgIpc) is 2.32. The highest BCUT2D eigenvalue weighted by Gasteiger charge is 2.01. The van der Waals surface area contributed by atoms with E-state index in [0.29, 0.717) is 0 Å². The second-order valence-electron chi connectivity index (χ2n) is 3.01. The molecule has 0 saturated carbocycles. The Morgan fingerprint density at radius 2 is 1.89 bits per heavy atom. The topological polar surface area (TPSA) is 89.9 Å². The maximum Gasteiger partial charge on any atom is 0.336 e. The molecule has 0 aromatic carbocycles. The molecule has 0 aliphatic heterocycles. The number of rotatable bonds is 7. The molecule has 0 fully saturated rings. The van der Waals surface area contributed by atoms with Crippen LogP contribution in [-0.2, 0) is 23.9 Å². The van der Waals surface area contributed by atoms with Crippen molar-refractivity contribution >= 4 is 17.9 Å². The predicted molar refractivity (Wildman–Crippen MR) is 61.4 cm³/mol. The zero-order valence-electron chi connectivity index (χ0n) is 9.92. The molecule has 0 aromatic heterocycles. The Morgan fingerprint density at radius 1 is 1.22 bits per heavy atom. The van der Waals surface area contributed by atoms with E-state index in [-0.39, 0.29) is 19.4 Å². The molecule has 0 rings (SSSR count). The number of carboxylic acid groups (broad SMARTS) is 1. The first-order valence-corrected chi connectivity index (χ1v) is 5.19. The van der Waals surface area contributed by atoms with E-state index in [2.05, 4.69) is 15.2 Å². The number of hydrogen-bond donors (Lipinski definition) is 1. The number of carbonyl (C=O) groups is 3. The summed E-state index contributed by atoms with van der Waals surface area (Å²) in [5.41, 5.74) is 2.52. The lowest BCUT2D eigenvalue weighted by molar-refractivity contribution is -0.141. The van der Waals surface area contributed by atoms with Crippen molar-refractivity contribution in [3.05, 3.63) is 30.2 Å². The quantitative estimate of drug-likeness (QED) is 0.241. The van der Waals surface area contributed by atoms with E-state index in [1.54, 1.807) is 13.0 Å². The van der Waals surface area contributed by atoms with Crippen molar-refractivity contribution in [1.82, 2.24) is 0 Å². The normalized spacial score (nSPS) is 9.39. The Hall–Kier alpha value is -2.33. The highest BCUT2D eigenvalue weighted by molar-refractivity contribution is 5.91. The van der Waals surface area contributed by atoms with E-state index in [1.807, 2.05) is 0 Å². The van der Waals surface area contributed by atoms with E-state index < -0.39 is 17.9 Å². The highest BCUT2D eigenvalue weighted by Crippen LogP contribution is 1.92. The van der Waals surface area contributed by atoms with Crippen LogP contribution in [0.3, 0.4) is 0 Å². The zero-order valence-corrected chi connectivity index (χ0v) is 9.92. The summed E-state index contributed by atoms with van der Waals surface area (Å²) in [6, 6.07) is 0. The van der Waals surface area contributed by atoms with Crippen LogP contribution in [0.4, 0.5) is 0 Å². The second-order valence-corrected chi connectivity index (χ2v) is 3.01. The van der Waals surface area contributed by atoms with Crippen LogP contribution in [0.15, 0.2) is 30.2 Å². The fourth-order valence-electron chi connectivity index (χ4n) is 0.780. The Labute approximate surface area is 104 Å². The Morgan fingerprint density at radius 3 is 2.50 bits per heavy atom. The van der Waals surface area contributed by atoms with E-state index in [9.17, 15) is 14.4 Å². The van der Waals surface area contributed by atoms with E-state index in [4.69, 9.17) is 5.11 Å². The molecule has 0 bridgehead atoms. The Bertz CT molecular complexity index is 387. The van der Waals surface area contributed by atoms with Gasteiger partial charge in [-0.25, -0.2) is 9.59 Å². The summed E-state index contributed by atoms with van der Waals surface area (Å²) in [6.45, 7) is 1.69. The number of ether oxygens (including phenoxy) is 2. The van der Waals surface area contributed by atoms with Crippen molar-refractivity contribution in [1.29, 1.82) is 0 Å². The number of allylic oxidation sites excluding steroid dienone is 1. The monoisotopic (exact) mass is 254 g/mol. The summed E-state index contributed by atoms with van der Waals surface area (Å²) in [5, 5.41) is 8.33. The molecule has 0 aliphatic carbocycles. The summed E-state index contributed by atoms with van der Waals surface area (Å²) < 4.78 is 9.15. The fraction of sp³-hybridized carbons (Fsp3) is 0.333. The Balaban J connectivity index is 3.82. The largest absolute Gasteiger partial charge is 0.481 e. The zero-order chi connectivity index (χ0) is 13.8. The van der Waals surface area contributed by atoms with Gasteiger partial charge in [-0.15, -0.1) is 0 Å². The van der Waals surface area contributed by atoms with Crippen molar-refractivity contribution in [2.45, 2.75) is 19.8 Å². The van der Waals surface area contributed by atoms with Gasteiger partial charge in [0.2, 0.25) is 0 Å². The molecule has 0 heterocycles. The van der Waals surface area contributed by atoms with Gasteiger partial charge in [0, 0.05) is 18.6 Å². The van der Waals surface area contributed by atoms with Gasteiger partial charge in [0.05, 0.1) is 6.61 Å². The maximum absolute atomic E-state index is 11.0. The minimum absolute atomic E-state index is 0.0109. The van der Waals surface area contributed by atoms with Gasteiger partial charge in [0.1, 0.15) is 6.26 Å². The third-order valence-electron chi connectivity index (χ3n) is 1.54. The lowest BCUT2D eigenvalue weighted by atomic mass is 10.3. The van der Waals surface area contributed by atoms with Crippen molar-refractivity contribution in [3.63, 3.8) is 0 Å². The second kappa shape index (κ2) is 9.86. The molecule has 0 saturated heterocycles. The third kappa shape index (κ3) is 10.2. The first kappa shape index (κ1) is 15.7. The van der Waals surface area contributed by atoms with Crippen molar-refractivity contribution in [2.75, 3.05) is 6.61 Å². The molecular formula is C12H14O6. The minimum atomic E-state index is -0.957. The molecule has 0 unspecified atom stereocenters. The van der Waals surface area contributed by atoms with Gasteiger partial charge >= 0.3 is 17.9 Å². The van der Waals surface area contributed by atoms with Gasteiger partial charge in [-0.05, 0) is 19.4 Å². The van der Waals surface area contributed by atoms with Crippen LogP contribution in [0.1, 0.15) is 19.8 Å². The summed E-state index contributed by atoms with van der Waals surface area (Å²) in [7, 11) is 0. The molecule has 0 radical (unpaired) electrons. The summed E-state index contributed by atoms with van der Waals surface area (Å²) in [4.78, 5) is 32.1. The highest BCUT2D eigenvalue weighted by atomic mass is 16.5. The molecule has 0 atom stereocenters. The smallest absolute Gasteiger partial charge is 0.336 e. The molecule has 0 aromatic rings. The van der Waals surface area contributed by atoms with Crippen LogP contribution in [0.5, 0.6) is 0 Å². The number of hydrogen-bond acceptors (Lipinski definition) is 5. The van der Waals surface area contributed by atoms with Crippen LogP contribution in [0.2, 0.25) is 0 Å².